The van der Waals surface area contributed by atoms with Gasteiger partial charge in [0.2, 0.25) is 0 Å². The van der Waals surface area contributed by atoms with Crippen LogP contribution >= 0.6 is 34.5 Å². The number of fused-ring (bicyclic) bond motifs is 1. The van der Waals surface area contributed by atoms with Gasteiger partial charge in [-0.3, -0.25) is 9.59 Å². The van der Waals surface area contributed by atoms with Crippen molar-refractivity contribution in [3.05, 3.63) is 87.1 Å². The average molecular weight is 501 g/mol. The van der Waals surface area contributed by atoms with E-state index in [0.29, 0.717) is 42.1 Å². The summed E-state index contributed by atoms with van der Waals surface area (Å²) in [5.41, 5.74) is 0.902. The van der Waals surface area contributed by atoms with Crippen molar-refractivity contribution < 1.29 is 19.1 Å². The first-order valence-electron chi connectivity index (χ1n) is 10.0. The number of carbonyl (C=O) groups excluding carboxylic acids is 2. The highest BCUT2D eigenvalue weighted by Crippen LogP contribution is 2.30. The summed E-state index contributed by atoms with van der Waals surface area (Å²) in [6.07, 6.45) is 0. The summed E-state index contributed by atoms with van der Waals surface area (Å²) >= 11 is 13.7. The molecule has 0 spiro atoms. The first-order chi connectivity index (χ1) is 15.9. The molecule has 4 rings (SSSR count). The smallest absolute Gasteiger partial charge is 0.326 e. The van der Waals surface area contributed by atoms with Crippen LogP contribution in [-0.2, 0) is 16.1 Å². The topological polar surface area (TPSA) is 69.9 Å². The predicted molar refractivity (Wildman–Crippen MR) is 129 cm³/mol. The molecule has 0 atom stereocenters. The van der Waals surface area contributed by atoms with Crippen molar-refractivity contribution in [1.29, 1.82) is 0 Å². The maximum Gasteiger partial charge on any atom is 0.326 e. The summed E-state index contributed by atoms with van der Waals surface area (Å²) in [5.74, 6) is 0.213. The lowest BCUT2D eigenvalue weighted by molar-refractivity contribution is -0.143. The number of esters is 1. The zero-order valence-corrected chi connectivity index (χ0v) is 19.8. The van der Waals surface area contributed by atoms with Gasteiger partial charge >= 0.3 is 5.97 Å². The Morgan fingerprint density at radius 2 is 1.76 bits per heavy atom. The normalized spacial score (nSPS) is 11.5. The lowest BCUT2D eigenvalue weighted by Crippen LogP contribution is -2.23. The van der Waals surface area contributed by atoms with E-state index in [1.54, 1.807) is 47.9 Å². The molecule has 1 heterocycles. The zero-order chi connectivity index (χ0) is 23.4. The minimum atomic E-state index is -0.486. The molecule has 0 saturated carbocycles. The molecule has 0 aliphatic heterocycles. The molecule has 0 N–H and O–H groups in total. The minimum Gasteiger partial charge on any atom is -0.465 e. The molecular formula is C24H18Cl2N2O4S. The van der Waals surface area contributed by atoms with E-state index in [4.69, 9.17) is 32.7 Å². The second kappa shape index (κ2) is 10.2. The zero-order valence-electron chi connectivity index (χ0n) is 17.5. The average Bonchev–Trinajstić information content (AvgIpc) is 3.11. The highest BCUT2D eigenvalue weighted by atomic mass is 35.5. The number of rotatable bonds is 6. The Morgan fingerprint density at radius 1 is 1.00 bits per heavy atom. The van der Waals surface area contributed by atoms with Crippen LogP contribution in [0.25, 0.3) is 10.2 Å². The number of nitrogens with zero attached hydrogens (tertiary/aromatic N) is 2. The second-order valence-electron chi connectivity index (χ2n) is 6.87. The number of thiazole rings is 1. The van der Waals surface area contributed by atoms with E-state index < -0.39 is 11.9 Å². The molecule has 9 heteroatoms. The van der Waals surface area contributed by atoms with Crippen LogP contribution in [0.5, 0.6) is 11.5 Å². The molecule has 0 aliphatic carbocycles. The van der Waals surface area contributed by atoms with E-state index in [1.807, 2.05) is 30.3 Å². The van der Waals surface area contributed by atoms with E-state index in [0.717, 1.165) is 0 Å². The van der Waals surface area contributed by atoms with Gasteiger partial charge in [0.1, 0.15) is 18.0 Å². The minimum absolute atomic E-state index is 0.140. The van der Waals surface area contributed by atoms with E-state index >= 15 is 0 Å². The summed E-state index contributed by atoms with van der Waals surface area (Å²) in [7, 11) is 0. The molecule has 0 bridgehead atoms. The molecule has 33 heavy (non-hydrogen) atoms. The Balaban J connectivity index is 1.73. The second-order valence-corrected chi connectivity index (χ2v) is 8.72. The lowest BCUT2D eigenvalue weighted by atomic mass is 10.2. The number of carbonyl (C=O) groups is 2. The van der Waals surface area contributed by atoms with E-state index in [-0.39, 0.29) is 13.2 Å². The van der Waals surface area contributed by atoms with Gasteiger partial charge in [0.05, 0.1) is 21.8 Å². The number of hydrogen-bond acceptors (Lipinski definition) is 5. The van der Waals surface area contributed by atoms with E-state index in [1.165, 1.54) is 11.3 Å². The molecule has 3 aromatic carbocycles. The van der Waals surface area contributed by atoms with E-state index in [2.05, 4.69) is 4.99 Å². The van der Waals surface area contributed by atoms with Crippen molar-refractivity contribution in [2.75, 3.05) is 6.61 Å². The van der Waals surface area contributed by atoms with Gasteiger partial charge in [-0.15, -0.1) is 0 Å². The third-order valence-electron chi connectivity index (χ3n) is 4.54. The number of hydrogen-bond donors (Lipinski definition) is 0. The molecule has 4 aromatic rings. The van der Waals surface area contributed by atoms with Crippen molar-refractivity contribution in [2.45, 2.75) is 13.5 Å². The van der Waals surface area contributed by atoms with Crippen LogP contribution in [0.15, 0.2) is 71.7 Å². The third-order valence-corrected chi connectivity index (χ3v) is 6.08. The van der Waals surface area contributed by atoms with Crippen molar-refractivity contribution in [3.8, 4) is 11.5 Å². The van der Waals surface area contributed by atoms with Gasteiger partial charge in [-0.1, -0.05) is 58.8 Å². The molecule has 0 aliphatic rings. The summed E-state index contributed by atoms with van der Waals surface area (Å²) in [6.45, 7) is 1.82. The molecule has 0 radical (unpaired) electrons. The molecule has 6 nitrogen and oxygen atoms in total. The molecule has 0 saturated heterocycles. The summed E-state index contributed by atoms with van der Waals surface area (Å²) < 4.78 is 13.2. The first-order valence-corrected chi connectivity index (χ1v) is 11.6. The van der Waals surface area contributed by atoms with Crippen LogP contribution in [0.4, 0.5) is 0 Å². The molecule has 0 fully saturated rings. The number of ether oxygens (including phenoxy) is 2. The predicted octanol–water partition coefficient (Wildman–Crippen LogP) is 6.11. The summed E-state index contributed by atoms with van der Waals surface area (Å²) in [6, 6.07) is 19.3. The monoisotopic (exact) mass is 500 g/mol. The fourth-order valence-electron chi connectivity index (χ4n) is 3.17. The summed E-state index contributed by atoms with van der Waals surface area (Å²) in [4.78, 5) is 29.8. The van der Waals surface area contributed by atoms with Crippen LogP contribution in [0.3, 0.4) is 0 Å². The van der Waals surface area contributed by atoms with E-state index in [9.17, 15) is 9.59 Å². The first kappa shape index (κ1) is 23.0. The number of aromatic nitrogens is 1. The SMILES string of the molecule is CCOC(=O)Cn1c(=NC(=O)c2cccc(Oc3ccccc3)c2)sc2cc(Cl)cc(Cl)c21. The standard InChI is InChI=1S/C24H18Cl2N2O4S/c1-2-31-21(29)14-28-22-19(26)12-16(25)13-20(22)33-24(28)27-23(30)15-7-6-10-18(11-15)32-17-8-4-3-5-9-17/h3-13H,2,14H2,1H3. The van der Waals surface area contributed by atoms with Crippen LogP contribution in [0.1, 0.15) is 17.3 Å². The maximum atomic E-state index is 13.0. The van der Waals surface area contributed by atoms with Gasteiger partial charge in [-0.05, 0) is 49.4 Å². The number of benzene rings is 3. The van der Waals surface area contributed by atoms with Crippen molar-refractivity contribution in [3.63, 3.8) is 0 Å². The molecule has 1 aromatic heterocycles. The Bertz CT molecular complexity index is 1400. The van der Waals surface area contributed by atoms with Gasteiger partial charge in [-0.25, -0.2) is 0 Å². The fraction of sp³-hybridized carbons (Fsp3) is 0.125. The lowest BCUT2D eigenvalue weighted by Gasteiger charge is -2.07. The Kier molecular flexibility index (Phi) is 7.13. The number of halogens is 2. The largest absolute Gasteiger partial charge is 0.465 e. The maximum absolute atomic E-state index is 13.0. The van der Waals surface area contributed by atoms with Gasteiger partial charge < -0.3 is 14.0 Å². The number of amides is 1. The fourth-order valence-corrected chi connectivity index (χ4v) is 4.98. The Morgan fingerprint density at radius 3 is 2.52 bits per heavy atom. The van der Waals surface area contributed by atoms with Crippen LogP contribution in [-0.4, -0.2) is 23.1 Å². The van der Waals surface area contributed by atoms with Crippen LogP contribution in [0.2, 0.25) is 10.0 Å². The quantitative estimate of drug-likeness (QED) is 0.299. The Hall–Kier alpha value is -3.13. The highest BCUT2D eigenvalue weighted by Gasteiger charge is 2.16. The molecule has 1 amide bonds. The summed E-state index contributed by atoms with van der Waals surface area (Å²) in [5, 5.41) is 0.797. The molecule has 0 unspecified atom stereocenters. The number of para-hydroxylation sites is 1. The van der Waals surface area contributed by atoms with Crippen molar-refractivity contribution in [1.82, 2.24) is 4.57 Å². The van der Waals surface area contributed by atoms with Crippen molar-refractivity contribution >= 4 is 56.6 Å². The van der Waals surface area contributed by atoms with Gasteiger partial charge in [0, 0.05) is 10.6 Å². The van der Waals surface area contributed by atoms with Gasteiger partial charge in [0.25, 0.3) is 5.91 Å². The van der Waals surface area contributed by atoms with Crippen molar-refractivity contribution in [2.24, 2.45) is 4.99 Å². The Labute approximate surface area is 203 Å². The van der Waals surface area contributed by atoms with Crippen LogP contribution < -0.4 is 9.54 Å². The third kappa shape index (κ3) is 5.45. The van der Waals surface area contributed by atoms with Gasteiger partial charge in [-0.2, -0.15) is 4.99 Å². The van der Waals surface area contributed by atoms with Crippen LogP contribution in [0, 0.1) is 0 Å². The van der Waals surface area contributed by atoms with Gasteiger partial charge in [0.15, 0.2) is 4.80 Å². The molecule has 168 valence electrons. The molecular weight excluding hydrogens is 483 g/mol. The highest BCUT2D eigenvalue weighted by molar-refractivity contribution is 7.16.